The molecule has 0 saturated carbocycles. The largest absolute Gasteiger partial charge is 0.352 e. The number of nitrogens with one attached hydrogen (secondary N) is 1. The lowest BCUT2D eigenvalue weighted by molar-refractivity contribution is -0.384. The summed E-state index contributed by atoms with van der Waals surface area (Å²) in [4.78, 5) is 47.0. The van der Waals surface area contributed by atoms with Gasteiger partial charge in [0.1, 0.15) is 6.54 Å². The number of imide groups is 1. The molecule has 1 heterocycles. The van der Waals surface area contributed by atoms with Gasteiger partial charge in [0.05, 0.1) is 16.1 Å². The number of amides is 3. The third-order valence-corrected chi connectivity index (χ3v) is 3.49. The van der Waals surface area contributed by atoms with E-state index >= 15 is 0 Å². The number of hydrogen-bond donors (Lipinski definition) is 1. The fourth-order valence-corrected chi connectivity index (χ4v) is 2.10. The summed E-state index contributed by atoms with van der Waals surface area (Å²) >= 11 is 0. The average Bonchev–Trinajstić information content (AvgIpc) is 2.71. The second kappa shape index (κ2) is 5.92. The lowest BCUT2D eigenvalue weighted by Gasteiger charge is -2.16. The summed E-state index contributed by atoms with van der Waals surface area (Å²) in [6.07, 6.45) is 0.722. The van der Waals surface area contributed by atoms with Crippen molar-refractivity contribution in [1.82, 2.24) is 10.2 Å². The van der Waals surface area contributed by atoms with Crippen LogP contribution in [0.3, 0.4) is 0 Å². The zero-order chi connectivity index (χ0) is 16.4. The van der Waals surface area contributed by atoms with Gasteiger partial charge >= 0.3 is 0 Å². The molecule has 1 aromatic carbocycles. The average molecular weight is 305 g/mol. The minimum absolute atomic E-state index is 0.0458. The van der Waals surface area contributed by atoms with Crippen molar-refractivity contribution in [2.45, 2.75) is 26.3 Å². The number of hydrogen-bond acceptors (Lipinski definition) is 5. The van der Waals surface area contributed by atoms with E-state index in [1.54, 1.807) is 0 Å². The van der Waals surface area contributed by atoms with Crippen molar-refractivity contribution < 1.29 is 19.3 Å². The van der Waals surface area contributed by atoms with Gasteiger partial charge in [-0.25, -0.2) is 0 Å². The van der Waals surface area contributed by atoms with Gasteiger partial charge in [-0.05, 0) is 19.4 Å². The summed E-state index contributed by atoms with van der Waals surface area (Å²) in [5.41, 5.74) is -0.242. The minimum Gasteiger partial charge on any atom is -0.352 e. The number of fused-ring (bicyclic) bond motifs is 1. The quantitative estimate of drug-likeness (QED) is 0.497. The molecule has 8 heteroatoms. The lowest BCUT2D eigenvalue weighted by atomic mass is 10.1. The fraction of sp³-hybridized carbons (Fsp3) is 0.357. The lowest BCUT2D eigenvalue weighted by Crippen LogP contribution is -2.43. The van der Waals surface area contributed by atoms with E-state index in [2.05, 4.69) is 5.32 Å². The Balaban J connectivity index is 2.20. The maximum absolute atomic E-state index is 12.2. The Morgan fingerprint density at radius 2 is 1.95 bits per heavy atom. The molecular weight excluding hydrogens is 290 g/mol. The number of benzene rings is 1. The van der Waals surface area contributed by atoms with E-state index in [1.807, 2.05) is 13.8 Å². The van der Waals surface area contributed by atoms with E-state index in [0.29, 0.717) is 0 Å². The van der Waals surface area contributed by atoms with Crippen LogP contribution < -0.4 is 5.32 Å². The molecule has 0 bridgehead atoms. The Kier molecular flexibility index (Phi) is 4.20. The number of nitro groups is 1. The maximum atomic E-state index is 12.2. The molecule has 1 N–H and O–H groups in total. The highest BCUT2D eigenvalue weighted by atomic mass is 16.6. The summed E-state index contributed by atoms with van der Waals surface area (Å²) in [6, 6.07) is 3.39. The van der Waals surface area contributed by atoms with E-state index in [4.69, 9.17) is 0 Å². The molecule has 2 rings (SSSR count). The molecule has 0 aliphatic carbocycles. The molecule has 0 fully saturated rings. The first-order valence-electron chi connectivity index (χ1n) is 6.79. The van der Waals surface area contributed by atoms with E-state index in [9.17, 15) is 24.5 Å². The summed E-state index contributed by atoms with van der Waals surface area (Å²) in [7, 11) is 0. The topological polar surface area (TPSA) is 110 Å². The molecule has 1 aliphatic heterocycles. The van der Waals surface area contributed by atoms with Crippen molar-refractivity contribution in [2.24, 2.45) is 0 Å². The molecular formula is C14H15N3O5. The Morgan fingerprint density at radius 3 is 2.55 bits per heavy atom. The van der Waals surface area contributed by atoms with Gasteiger partial charge in [0, 0.05) is 18.2 Å². The Morgan fingerprint density at radius 1 is 1.32 bits per heavy atom. The van der Waals surface area contributed by atoms with Crippen LogP contribution in [0.4, 0.5) is 5.69 Å². The summed E-state index contributed by atoms with van der Waals surface area (Å²) in [5.74, 6) is -1.75. The van der Waals surface area contributed by atoms with Gasteiger partial charge in [-0.2, -0.15) is 0 Å². The Labute approximate surface area is 126 Å². The fourth-order valence-electron chi connectivity index (χ4n) is 2.10. The first kappa shape index (κ1) is 15.6. The van der Waals surface area contributed by atoms with Crippen LogP contribution in [0, 0.1) is 10.1 Å². The summed E-state index contributed by atoms with van der Waals surface area (Å²) < 4.78 is 0. The summed E-state index contributed by atoms with van der Waals surface area (Å²) in [5, 5.41) is 13.4. The van der Waals surface area contributed by atoms with Gasteiger partial charge in [-0.15, -0.1) is 0 Å². The second-order valence-corrected chi connectivity index (χ2v) is 5.06. The van der Waals surface area contributed by atoms with E-state index in [0.717, 1.165) is 23.5 Å². The monoisotopic (exact) mass is 305 g/mol. The Bertz CT molecular complexity index is 670. The van der Waals surface area contributed by atoms with Crippen LogP contribution in [-0.2, 0) is 4.79 Å². The van der Waals surface area contributed by atoms with Crippen LogP contribution in [-0.4, -0.2) is 40.1 Å². The van der Waals surface area contributed by atoms with Crippen molar-refractivity contribution in [1.29, 1.82) is 0 Å². The minimum atomic E-state index is -0.692. The molecule has 116 valence electrons. The van der Waals surface area contributed by atoms with Gasteiger partial charge in [0.25, 0.3) is 17.5 Å². The van der Waals surface area contributed by atoms with E-state index < -0.39 is 29.2 Å². The first-order chi connectivity index (χ1) is 10.3. The smallest absolute Gasteiger partial charge is 0.270 e. The second-order valence-electron chi connectivity index (χ2n) is 5.06. The van der Waals surface area contributed by atoms with Crippen LogP contribution in [0.2, 0.25) is 0 Å². The van der Waals surface area contributed by atoms with Crippen LogP contribution in [0.5, 0.6) is 0 Å². The maximum Gasteiger partial charge on any atom is 0.270 e. The zero-order valence-electron chi connectivity index (χ0n) is 12.2. The molecule has 22 heavy (non-hydrogen) atoms. The van der Waals surface area contributed by atoms with Crippen molar-refractivity contribution in [3.63, 3.8) is 0 Å². The number of carbonyl (C=O) groups excluding carboxylic acids is 3. The van der Waals surface area contributed by atoms with Gasteiger partial charge < -0.3 is 5.32 Å². The van der Waals surface area contributed by atoms with Crippen LogP contribution in [0.15, 0.2) is 18.2 Å². The molecule has 0 spiro atoms. The highest BCUT2D eigenvalue weighted by Crippen LogP contribution is 2.26. The number of nitrogens with zero attached hydrogens (tertiary/aromatic N) is 2. The third-order valence-electron chi connectivity index (χ3n) is 3.49. The van der Waals surface area contributed by atoms with Gasteiger partial charge in [-0.1, -0.05) is 6.92 Å². The van der Waals surface area contributed by atoms with Crippen molar-refractivity contribution >= 4 is 23.4 Å². The zero-order valence-corrected chi connectivity index (χ0v) is 12.2. The van der Waals surface area contributed by atoms with Crippen LogP contribution in [0.25, 0.3) is 0 Å². The first-order valence-corrected chi connectivity index (χ1v) is 6.79. The standard InChI is InChI=1S/C14H15N3O5/c1-3-8(2)15-12(18)7-16-13(19)10-5-4-9(17(21)22)6-11(10)14(16)20/h4-6,8H,3,7H2,1-2H3,(H,15,18)/t8-/m0/s1. The van der Waals surface area contributed by atoms with Crippen LogP contribution >= 0.6 is 0 Å². The number of rotatable bonds is 5. The molecule has 1 aromatic rings. The van der Waals surface area contributed by atoms with Crippen molar-refractivity contribution in [3.05, 3.63) is 39.4 Å². The van der Waals surface area contributed by atoms with Crippen molar-refractivity contribution in [3.8, 4) is 0 Å². The highest BCUT2D eigenvalue weighted by molar-refractivity contribution is 6.22. The number of non-ortho nitro benzene ring substituents is 1. The normalized spacial score (nSPS) is 14.7. The van der Waals surface area contributed by atoms with Crippen molar-refractivity contribution in [2.75, 3.05) is 6.54 Å². The number of carbonyl (C=O) groups is 3. The molecule has 8 nitrogen and oxygen atoms in total. The predicted octanol–water partition coefficient (Wildman–Crippen LogP) is 1.11. The Hall–Kier alpha value is -2.77. The SMILES string of the molecule is CC[C@H](C)NC(=O)CN1C(=O)c2ccc([N+](=O)[O-])cc2C1=O. The number of nitro benzene ring substituents is 1. The van der Waals surface area contributed by atoms with Gasteiger partial charge in [-0.3, -0.25) is 29.4 Å². The summed E-state index contributed by atoms with van der Waals surface area (Å²) in [6.45, 7) is 3.31. The molecule has 0 unspecified atom stereocenters. The molecule has 3 amide bonds. The van der Waals surface area contributed by atoms with Crippen LogP contribution in [0.1, 0.15) is 41.0 Å². The van der Waals surface area contributed by atoms with Gasteiger partial charge in [0.15, 0.2) is 0 Å². The van der Waals surface area contributed by atoms with E-state index in [-0.39, 0.29) is 22.9 Å². The molecule has 0 aromatic heterocycles. The molecule has 0 saturated heterocycles. The third kappa shape index (κ3) is 2.80. The molecule has 1 atom stereocenters. The molecule has 1 aliphatic rings. The van der Waals surface area contributed by atoms with E-state index in [1.165, 1.54) is 6.07 Å². The molecule has 0 radical (unpaired) electrons. The predicted molar refractivity (Wildman–Crippen MR) is 76.4 cm³/mol. The van der Waals surface area contributed by atoms with Gasteiger partial charge in [0.2, 0.25) is 5.91 Å². The highest BCUT2D eigenvalue weighted by Gasteiger charge is 2.37.